The topological polar surface area (TPSA) is 68.0 Å². The Morgan fingerprint density at radius 2 is 1.62 bits per heavy atom. The number of hydrogen-bond acceptors (Lipinski definition) is 4. The Balaban J connectivity index is 1.70. The molecule has 1 amide bonds. The lowest BCUT2D eigenvalue weighted by Crippen LogP contribution is -2.29. The smallest absolute Gasteiger partial charge is 0.252 e. The van der Waals surface area contributed by atoms with E-state index in [1.54, 1.807) is 24.3 Å². The number of halogens is 2. The maximum atomic E-state index is 13.2. The fourth-order valence-electron chi connectivity index (χ4n) is 2.85. The van der Waals surface area contributed by atoms with Gasteiger partial charge in [-0.05, 0) is 42.5 Å². The molecule has 1 aromatic heterocycles. The molecule has 0 aliphatic heterocycles. The second-order valence-electron chi connectivity index (χ2n) is 6.25. The maximum Gasteiger partial charge on any atom is 0.252 e. The van der Waals surface area contributed by atoms with Crippen LogP contribution in [-0.2, 0) is 0 Å². The van der Waals surface area contributed by atoms with Gasteiger partial charge in [-0.3, -0.25) is 4.79 Å². The maximum absolute atomic E-state index is 13.2. The summed E-state index contributed by atoms with van der Waals surface area (Å²) in [5, 5.41) is 11.5. The van der Waals surface area contributed by atoms with Gasteiger partial charge in [0, 0.05) is 21.7 Å². The zero-order chi connectivity index (χ0) is 20.2. The summed E-state index contributed by atoms with van der Waals surface area (Å²) in [4.78, 5) is 12.7. The van der Waals surface area contributed by atoms with Crippen LogP contribution in [0.15, 0.2) is 83.3 Å². The SMILES string of the molecule is O=C(N[C@H](c1nnc(-c2ccccc2)o1)c1ccccc1Cl)c1ccc(F)cc1. The van der Waals surface area contributed by atoms with Crippen LogP contribution in [0.4, 0.5) is 4.39 Å². The molecule has 0 bridgehead atoms. The molecule has 0 fully saturated rings. The summed E-state index contributed by atoms with van der Waals surface area (Å²) in [7, 11) is 0. The summed E-state index contributed by atoms with van der Waals surface area (Å²) in [5.41, 5.74) is 1.66. The van der Waals surface area contributed by atoms with Gasteiger partial charge in [0.05, 0.1) is 0 Å². The summed E-state index contributed by atoms with van der Waals surface area (Å²) in [6.07, 6.45) is 0. The third-order valence-electron chi connectivity index (χ3n) is 4.31. The second-order valence-corrected chi connectivity index (χ2v) is 6.65. The molecular weight excluding hydrogens is 393 g/mol. The molecule has 7 heteroatoms. The van der Waals surface area contributed by atoms with Crippen LogP contribution in [0.1, 0.15) is 27.9 Å². The van der Waals surface area contributed by atoms with E-state index >= 15 is 0 Å². The van der Waals surface area contributed by atoms with E-state index in [-0.39, 0.29) is 5.89 Å². The van der Waals surface area contributed by atoms with Gasteiger partial charge in [0.25, 0.3) is 5.91 Å². The highest BCUT2D eigenvalue weighted by Gasteiger charge is 2.25. The van der Waals surface area contributed by atoms with Gasteiger partial charge in [-0.25, -0.2) is 4.39 Å². The number of hydrogen-bond donors (Lipinski definition) is 1. The Morgan fingerprint density at radius 3 is 2.34 bits per heavy atom. The van der Waals surface area contributed by atoms with Crippen molar-refractivity contribution < 1.29 is 13.6 Å². The van der Waals surface area contributed by atoms with Crippen LogP contribution in [0.5, 0.6) is 0 Å². The van der Waals surface area contributed by atoms with Gasteiger partial charge in [0.2, 0.25) is 11.8 Å². The van der Waals surface area contributed by atoms with Crippen molar-refractivity contribution in [1.29, 1.82) is 0 Å². The largest absolute Gasteiger partial charge is 0.418 e. The first-order valence-electron chi connectivity index (χ1n) is 8.81. The lowest BCUT2D eigenvalue weighted by molar-refractivity contribution is 0.0938. The predicted molar refractivity (Wildman–Crippen MR) is 107 cm³/mol. The van der Waals surface area contributed by atoms with Crippen LogP contribution in [0.3, 0.4) is 0 Å². The third-order valence-corrected chi connectivity index (χ3v) is 4.65. The number of carbonyl (C=O) groups is 1. The molecule has 1 N–H and O–H groups in total. The Bertz CT molecular complexity index is 1130. The molecule has 29 heavy (non-hydrogen) atoms. The van der Waals surface area contributed by atoms with Crippen LogP contribution in [0, 0.1) is 5.82 Å². The van der Waals surface area contributed by atoms with Gasteiger partial charge in [-0.15, -0.1) is 10.2 Å². The zero-order valence-corrected chi connectivity index (χ0v) is 15.8. The molecule has 0 spiro atoms. The predicted octanol–water partition coefficient (Wildman–Crippen LogP) is 5.05. The molecule has 1 atom stereocenters. The van der Waals surface area contributed by atoms with Crippen LogP contribution < -0.4 is 5.32 Å². The summed E-state index contributed by atoms with van der Waals surface area (Å²) in [5.74, 6) is -0.330. The standard InChI is InChI=1S/C22H15ClFN3O2/c23-18-9-5-4-8-17(18)19(25-20(28)14-10-12-16(24)13-11-14)22-27-26-21(29-22)15-6-2-1-3-7-15/h1-13,19H,(H,25,28)/t19-/m0/s1. The number of nitrogens with zero attached hydrogens (tertiary/aromatic N) is 2. The van der Waals surface area contributed by atoms with Gasteiger partial charge in [-0.2, -0.15) is 0 Å². The average Bonchev–Trinajstić information content (AvgIpc) is 3.24. The number of rotatable bonds is 5. The molecule has 4 rings (SSSR count). The summed E-state index contributed by atoms with van der Waals surface area (Å²) < 4.78 is 19.0. The zero-order valence-electron chi connectivity index (χ0n) is 15.0. The average molecular weight is 408 g/mol. The van der Waals surface area contributed by atoms with E-state index in [1.165, 1.54) is 24.3 Å². The van der Waals surface area contributed by atoms with Gasteiger partial charge in [0.15, 0.2) is 0 Å². The fraction of sp³-hybridized carbons (Fsp3) is 0.0455. The van der Waals surface area contributed by atoms with Crippen molar-refractivity contribution in [3.05, 3.63) is 107 Å². The van der Waals surface area contributed by atoms with Crippen molar-refractivity contribution in [2.75, 3.05) is 0 Å². The monoisotopic (exact) mass is 407 g/mol. The molecule has 0 radical (unpaired) electrons. The Hall–Kier alpha value is -3.51. The van der Waals surface area contributed by atoms with Crippen molar-refractivity contribution in [1.82, 2.24) is 15.5 Å². The molecule has 3 aromatic carbocycles. The van der Waals surface area contributed by atoms with E-state index in [0.717, 1.165) is 5.56 Å². The minimum absolute atomic E-state index is 0.187. The summed E-state index contributed by atoms with van der Waals surface area (Å²) >= 11 is 6.35. The quantitative estimate of drug-likeness (QED) is 0.502. The molecule has 144 valence electrons. The van der Waals surface area contributed by atoms with Crippen LogP contribution in [0.2, 0.25) is 5.02 Å². The van der Waals surface area contributed by atoms with Crippen molar-refractivity contribution in [2.24, 2.45) is 0 Å². The highest BCUT2D eigenvalue weighted by molar-refractivity contribution is 6.31. The van der Waals surface area contributed by atoms with Gasteiger partial charge >= 0.3 is 0 Å². The van der Waals surface area contributed by atoms with Gasteiger partial charge in [-0.1, -0.05) is 48.0 Å². The van der Waals surface area contributed by atoms with E-state index in [4.69, 9.17) is 16.0 Å². The Kier molecular flexibility index (Phi) is 5.35. The molecule has 0 aliphatic carbocycles. The van der Waals surface area contributed by atoms with Gasteiger partial charge in [0.1, 0.15) is 11.9 Å². The lowest BCUT2D eigenvalue weighted by atomic mass is 10.1. The van der Waals surface area contributed by atoms with Crippen molar-refractivity contribution >= 4 is 17.5 Å². The van der Waals surface area contributed by atoms with Crippen molar-refractivity contribution in [3.8, 4) is 11.5 Å². The summed E-state index contributed by atoms with van der Waals surface area (Å²) in [6, 6.07) is 20.8. The first kappa shape index (κ1) is 18.8. The molecule has 1 heterocycles. The minimum atomic E-state index is -0.772. The number of benzene rings is 3. The fourth-order valence-corrected chi connectivity index (χ4v) is 3.09. The Labute approximate surface area is 171 Å². The van der Waals surface area contributed by atoms with Crippen LogP contribution in [0.25, 0.3) is 11.5 Å². The molecule has 0 aliphatic rings. The van der Waals surface area contributed by atoms with E-state index in [1.807, 2.05) is 30.3 Å². The van der Waals surface area contributed by atoms with Crippen LogP contribution in [-0.4, -0.2) is 16.1 Å². The van der Waals surface area contributed by atoms with E-state index in [0.29, 0.717) is 22.0 Å². The molecular formula is C22H15ClFN3O2. The molecule has 0 saturated carbocycles. The minimum Gasteiger partial charge on any atom is -0.418 e. The van der Waals surface area contributed by atoms with Crippen molar-refractivity contribution in [2.45, 2.75) is 6.04 Å². The van der Waals surface area contributed by atoms with E-state index in [9.17, 15) is 9.18 Å². The number of amides is 1. The highest BCUT2D eigenvalue weighted by Crippen LogP contribution is 2.29. The highest BCUT2D eigenvalue weighted by atomic mass is 35.5. The van der Waals surface area contributed by atoms with Gasteiger partial charge < -0.3 is 9.73 Å². The van der Waals surface area contributed by atoms with E-state index < -0.39 is 17.8 Å². The molecule has 5 nitrogen and oxygen atoms in total. The summed E-state index contributed by atoms with van der Waals surface area (Å²) in [6.45, 7) is 0. The number of aromatic nitrogens is 2. The van der Waals surface area contributed by atoms with E-state index in [2.05, 4.69) is 15.5 Å². The third kappa shape index (κ3) is 4.17. The number of nitrogens with one attached hydrogen (secondary N) is 1. The lowest BCUT2D eigenvalue weighted by Gasteiger charge is -2.17. The number of carbonyl (C=O) groups excluding carboxylic acids is 1. The van der Waals surface area contributed by atoms with Crippen molar-refractivity contribution in [3.63, 3.8) is 0 Å². The second kappa shape index (κ2) is 8.24. The normalized spacial score (nSPS) is 11.8. The molecule has 0 unspecified atom stereocenters. The molecule has 0 saturated heterocycles. The van der Waals surface area contributed by atoms with Crippen LogP contribution >= 0.6 is 11.6 Å². The Morgan fingerprint density at radius 1 is 0.931 bits per heavy atom. The molecule has 4 aromatic rings. The first-order chi connectivity index (χ1) is 14.1. The first-order valence-corrected chi connectivity index (χ1v) is 9.19.